The van der Waals surface area contributed by atoms with Crippen molar-refractivity contribution in [3.8, 4) is 0 Å². The third-order valence-corrected chi connectivity index (χ3v) is 4.40. The van der Waals surface area contributed by atoms with Crippen molar-refractivity contribution in [3.63, 3.8) is 0 Å². The number of rotatable bonds is 3. The molecule has 1 atom stereocenters. The molecule has 1 amide bonds. The summed E-state index contributed by atoms with van der Waals surface area (Å²) >= 11 is 0. The molecule has 0 fully saturated rings. The molecule has 2 aromatic rings. The summed E-state index contributed by atoms with van der Waals surface area (Å²) in [6, 6.07) is 14.5. The van der Waals surface area contributed by atoms with Crippen LogP contribution in [0.3, 0.4) is 0 Å². The Bertz CT molecular complexity index is 697. The van der Waals surface area contributed by atoms with Crippen LogP contribution in [0.2, 0.25) is 0 Å². The van der Waals surface area contributed by atoms with Gasteiger partial charge in [0, 0.05) is 0 Å². The topological polar surface area (TPSA) is 29.1 Å². The predicted octanol–water partition coefficient (Wildman–Crippen LogP) is 3.74. The normalized spacial score (nSPS) is 20.3. The third kappa shape index (κ3) is 3.03. The molecule has 22 heavy (non-hydrogen) atoms. The van der Waals surface area contributed by atoms with E-state index in [0.29, 0.717) is 5.56 Å². The standard InChI is InChI=1S/C19H20FNO/c1-19(11-5-8-15-7-2-3-10-17(15)19)21-18(22)13-14-6-4-9-16(20)12-14/h2-4,6-7,9-10,12H,5,8,11,13H2,1H3,(H,21,22)/t19-/m1/s1. The number of amides is 1. The van der Waals surface area contributed by atoms with E-state index in [-0.39, 0.29) is 23.7 Å². The molecule has 0 aliphatic heterocycles. The molecule has 114 valence electrons. The van der Waals surface area contributed by atoms with Gasteiger partial charge in [0.2, 0.25) is 5.91 Å². The summed E-state index contributed by atoms with van der Waals surface area (Å²) in [5, 5.41) is 3.16. The van der Waals surface area contributed by atoms with Gasteiger partial charge in [0.05, 0.1) is 12.0 Å². The quantitative estimate of drug-likeness (QED) is 0.919. The number of nitrogens with one attached hydrogen (secondary N) is 1. The number of benzene rings is 2. The fourth-order valence-corrected chi connectivity index (χ4v) is 3.36. The highest BCUT2D eigenvalue weighted by Crippen LogP contribution is 2.34. The summed E-state index contributed by atoms with van der Waals surface area (Å²) in [6.45, 7) is 2.08. The molecule has 0 unspecified atom stereocenters. The molecule has 3 rings (SSSR count). The first-order valence-corrected chi connectivity index (χ1v) is 7.71. The number of carbonyl (C=O) groups excluding carboxylic acids is 1. The number of aryl methyl sites for hydroxylation is 1. The Morgan fingerprint density at radius 2 is 2.05 bits per heavy atom. The largest absolute Gasteiger partial charge is 0.347 e. The van der Waals surface area contributed by atoms with Crippen molar-refractivity contribution >= 4 is 5.91 Å². The molecule has 0 bridgehead atoms. The predicted molar refractivity (Wildman–Crippen MR) is 85.0 cm³/mol. The summed E-state index contributed by atoms with van der Waals surface area (Å²) in [4.78, 5) is 12.4. The zero-order valence-electron chi connectivity index (χ0n) is 12.7. The van der Waals surface area contributed by atoms with Crippen LogP contribution >= 0.6 is 0 Å². The Morgan fingerprint density at radius 3 is 2.86 bits per heavy atom. The van der Waals surface area contributed by atoms with Gasteiger partial charge in [0.25, 0.3) is 0 Å². The molecule has 1 aliphatic carbocycles. The van der Waals surface area contributed by atoms with Gasteiger partial charge < -0.3 is 5.32 Å². The Kier molecular flexibility index (Phi) is 3.97. The van der Waals surface area contributed by atoms with Crippen LogP contribution in [0.5, 0.6) is 0 Å². The highest BCUT2D eigenvalue weighted by molar-refractivity contribution is 5.79. The smallest absolute Gasteiger partial charge is 0.225 e. The molecular formula is C19H20FNO. The molecule has 0 aromatic heterocycles. The van der Waals surface area contributed by atoms with Crippen LogP contribution in [0.25, 0.3) is 0 Å². The van der Waals surface area contributed by atoms with Gasteiger partial charge in [-0.3, -0.25) is 4.79 Å². The van der Waals surface area contributed by atoms with Gasteiger partial charge in [-0.1, -0.05) is 36.4 Å². The van der Waals surface area contributed by atoms with Gasteiger partial charge in [-0.05, 0) is 55.0 Å². The van der Waals surface area contributed by atoms with Crippen LogP contribution in [-0.4, -0.2) is 5.91 Å². The van der Waals surface area contributed by atoms with Crippen LogP contribution in [-0.2, 0) is 23.2 Å². The van der Waals surface area contributed by atoms with E-state index in [0.717, 1.165) is 19.3 Å². The van der Waals surface area contributed by atoms with Gasteiger partial charge in [0.1, 0.15) is 5.82 Å². The van der Waals surface area contributed by atoms with E-state index in [9.17, 15) is 9.18 Å². The second kappa shape index (κ2) is 5.91. The van der Waals surface area contributed by atoms with Crippen LogP contribution < -0.4 is 5.32 Å². The lowest BCUT2D eigenvalue weighted by atomic mass is 9.77. The number of fused-ring (bicyclic) bond motifs is 1. The third-order valence-electron chi connectivity index (χ3n) is 4.40. The SMILES string of the molecule is C[C@@]1(NC(=O)Cc2cccc(F)c2)CCCc2ccccc21. The lowest BCUT2D eigenvalue weighted by Gasteiger charge is -2.37. The van der Waals surface area contributed by atoms with Gasteiger partial charge in [-0.15, -0.1) is 0 Å². The molecule has 2 aromatic carbocycles. The minimum absolute atomic E-state index is 0.0650. The van der Waals surface area contributed by atoms with Crippen molar-refractivity contribution in [2.75, 3.05) is 0 Å². The van der Waals surface area contributed by atoms with Crippen molar-refractivity contribution in [1.29, 1.82) is 0 Å². The summed E-state index contributed by atoms with van der Waals surface area (Å²) in [7, 11) is 0. The van der Waals surface area contributed by atoms with Crippen LogP contribution in [0.4, 0.5) is 4.39 Å². The monoisotopic (exact) mass is 297 g/mol. The Balaban J connectivity index is 1.76. The van der Waals surface area contributed by atoms with Gasteiger partial charge in [-0.2, -0.15) is 0 Å². The number of halogens is 1. The summed E-state index contributed by atoms with van der Waals surface area (Å²) in [5.41, 5.74) is 2.88. The lowest BCUT2D eigenvalue weighted by molar-refractivity contribution is -0.122. The molecular weight excluding hydrogens is 277 g/mol. The average molecular weight is 297 g/mol. The van der Waals surface area contributed by atoms with E-state index >= 15 is 0 Å². The molecule has 1 N–H and O–H groups in total. The van der Waals surface area contributed by atoms with Crippen molar-refractivity contribution in [2.45, 2.75) is 38.1 Å². The van der Waals surface area contributed by atoms with E-state index in [4.69, 9.17) is 0 Å². The molecule has 0 radical (unpaired) electrons. The zero-order valence-corrected chi connectivity index (χ0v) is 12.7. The van der Waals surface area contributed by atoms with Crippen molar-refractivity contribution < 1.29 is 9.18 Å². The highest BCUT2D eigenvalue weighted by Gasteiger charge is 2.32. The maximum Gasteiger partial charge on any atom is 0.225 e. The fraction of sp³-hybridized carbons (Fsp3) is 0.316. The molecule has 2 nitrogen and oxygen atoms in total. The molecule has 1 aliphatic rings. The molecule has 0 saturated heterocycles. The summed E-state index contributed by atoms with van der Waals surface area (Å²) in [6.07, 6.45) is 3.26. The lowest BCUT2D eigenvalue weighted by Crippen LogP contribution is -2.46. The van der Waals surface area contributed by atoms with Crippen molar-refractivity contribution in [2.24, 2.45) is 0 Å². The second-order valence-electron chi connectivity index (χ2n) is 6.20. The molecule has 0 spiro atoms. The molecule has 0 saturated carbocycles. The van der Waals surface area contributed by atoms with Crippen molar-refractivity contribution in [1.82, 2.24) is 5.32 Å². The van der Waals surface area contributed by atoms with E-state index in [2.05, 4.69) is 24.4 Å². The van der Waals surface area contributed by atoms with Crippen LogP contribution in [0.15, 0.2) is 48.5 Å². The van der Waals surface area contributed by atoms with E-state index < -0.39 is 0 Å². The van der Waals surface area contributed by atoms with Crippen LogP contribution in [0.1, 0.15) is 36.5 Å². The average Bonchev–Trinajstić information content (AvgIpc) is 2.47. The first-order valence-electron chi connectivity index (χ1n) is 7.71. The maximum atomic E-state index is 13.2. The van der Waals surface area contributed by atoms with Gasteiger partial charge in [0.15, 0.2) is 0 Å². The fourth-order valence-electron chi connectivity index (χ4n) is 3.36. The van der Waals surface area contributed by atoms with Crippen LogP contribution in [0, 0.1) is 5.82 Å². The first kappa shape index (κ1) is 14.8. The summed E-state index contributed by atoms with van der Waals surface area (Å²) < 4.78 is 13.2. The summed E-state index contributed by atoms with van der Waals surface area (Å²) in [5.74, 6) is -0.371. The number of hydrogen-bond acceptors (Lipinski definition) is 1. The Labute approximate surface area is 130 Å². The first-order chi connectivity index (χ1) is 10.6. The zero-order chi connectivity index (χ0) is 15.6. The van der Waals surface area contributed by atoms with E-state index in [1.54, 1.807) is 12.1 Å². The van der Waals surface area contributed by atoms with Crippen molar-refractivity contribution in [3.05, 3.63) is 71.0 Å². The van der Waals surface area contributed by atoms with Gasteiger partial charge >= 0.3 is 0 Å². The Hall–Kier alpha value is -2.16. The second-order valence-corrected chi connectivity index (χ2v) is 6.20. The van der Waals surface area contributed by atoms with E-state index in [1.165, 1.54) is 23.3 Å². The number of hydrogen-bond donors (Lipinski definition) is 1. The minimum Gasteiger partial charge on any atom is -0.347 e. The Morgan fingerprint density at radius 1 is 1.23 bits per heavy atom. The van der Waals surface area contributed by atoms with E-state index in [1.807, 2.05) is 12.1 Å². The van der Waals surface area contributed by atoms with Gasteiger partial charge in [-0.25, -0.2) is 4.39 Å². The number of carbonyl (C=O) groups is 1. The molecule has 3 heteroatoms. The highest BCUT2D eigenvalue weighted by atomic mass is 19.1. The molecule has 0 heterocycles. The maximum absolute atomic E-state index is 13.2. The minimum atomic E-state index is -0.334.